The van der Waals surface area contributed by atoms with Crippen LogP contribution in [0.5, 0.6) is 11.5 Å². The summed E-state index contributed by atoms with van der Waals surface area (Å²) in [5.41, 5.74) is 0.462. The third kappa shape index (κ3) is 2.69. The second-order valence-corrected chi connectivity index (χ2v) is 10.9. The molecule has 122 valence electrons. The first-order valence-electron chi connectivity index (χ1n) is 8.72. The molecule has 0 aliphatic carbocycles. The first kappa shape index (κ1) is 15.2. The van der Waals surface area contributed by atoms with E-state index in [1.54, 1.807) is 0 Å². The van der Waals surface area contributed by atoms with Crippen molar-refractivity contribution >= 4 is 12.8 Å². The molecule has 3 aliphatic heterocycles. The van der Waals surface area contributed by atoms with E-state index in [-0.39, 0.29) is 0 Å². The number of ether oxygens (including phenoxy) is 1. The molecule has 0 unspecified atom stereocenters. The van der Waals surface area contributed by atoms with Crippen LogP contribution in [0.1, 0.15) is 26.2 Å². The van der Waals surface area contributed by atoms with Crippen LogP contribution in [-0.2, 0) is 4.52 Å². The molecule has 3 saturated heterocycles. The maximum absolute atomic E-state index is 6.58. The van der Waals surface area contributed by atoms with Gasteiger partial charge in [-0.2, -0.15) is 0 Å². The standard InChI is InChI=1S/C20H25O2P/c1-2-20-12-14-23(15-13-20,21-16-20)19-11-7-6-10-18(19)22-17-8-4-3-5-9-17/h3-11,23H,2,12-16H2,1H3. The van der Waals surface area contributed by atoms with E-state index in [0.717, 1.165) is 18.1 Å². The van der Waals surface area contributed by atoms with Gasteiger partial charge in [-0.15, -0.1) is 0 Å². The Labute approximate surface area is 139 Å². The number of fused-ring (bicyclic) bond motifs is 3. The molecule has 0 atom stereocenters. The predicted molar refractivity (Wildman–Crippen MR) is 98.6 cm³/mol. The first-order valence-corrected chi connectivity index (χ1v) is 11.0. The summed E-state index contributed by atoms with van der Waals surface area (Å²) in [6, 6.07) is 18.6. The van der Waals surface area contributed by atoms with E-state index < -0.39 is 7.49 Å². The molecule has 3 aliphatic rings. The summed E-state index contributed by atoms with van der Waals surface area (Å²) in [6.45, 7) is 3.27. The van der Waals surface area contributed by atoms with E-state index >= 15 is 0 Å². The van der Waals surface area contributed by atoms with Crippen molar-refractivity contribution in [2.24, 2.45) is 5.41 Å². The molecule has 0 amide bonds. The molecule has 2 aromatic carbocycles. The van der Waals surface area contributed by atoms with Crippen LogP contribution in [0.3, 0.4) is 0 Å². The van der Waals surface area contributed by atoms with Crippen LogP contribution in [0.4, 0.5) is 0 Å². The number of rotatable bonds is 4. The van der Waals surface area contributed by atoms with E-state index in [1.807, 2.05) is 30.3 Å². The molecule has 0 radical (unpaired) electrons. The Morgan fingerprint density at radius 3 is 2.35 bits per heavy atom. The van der Waals surface area contributed by atoms with Crippen LogP contribution in [0.15, 0.2) is 54.6 Å². The molecule has 0 aromatic heterocycles. The third-order valence-corrected chi connectivity index (χ3v) is 10.1. The molecule has 3 heterocycles. The molecule has 3 fully saturated rings. The third-order valence-electron chi connectivity index (χ3n) is 5.87. The normalized spacial score (nSPS) is 26.7. The van der Waals surface area contributed by atoms with Crippen molar-refractivity contribution in [1.82, 2.24) is 0 Å². The van der Waals surface area contributed by atoms with Crippen LogP contribution in [0, 0.1) is 5.41 Å². The SMILES string of the molecule is CCC12CC[PH](c3ccccc3Oc3ccccc3)(CC1)OC2. The Morgan fingerprint density at radius 1 is 1.00 bits per heavy atom. The average Bonchev–Trinajstić information content (AvgIpc) is 2.64. The van der Waals surface area contributed by atoms with Gasteiger partial charge in [0.15, 0.2) is 0 Å². The number of benzene rings is 2. The van der Waals surface area contributed by atoms with E-state index in [0.29, 0.717) is 5.41 Å². The Morgan fingerprint density at radius 2 is 1.70 bits per heavy atom. The average molecular weight is 328 g/mol. The van der Waals surface area contributed by atoms with Gasteiger partial charge in [-0.25, -0.2) is 0 Å². The zero-order valence-corrected chi connectivity index (χ0v) is 14.8. The molecule has 2 bridgehead atoms. The second-order valence-electron chi connectivity index (χ2n) is 7.05. The summed E-state index contributed by atoms with van der Waals surface area (Å²) >= 11 is 0. The Hall–Kier alpha value is -1.37. The van der Waals surface area contributed by atoms with E-state index in [9.17, 15) is 0 Å². The summed E-state index contributed by atoms with van der Waals surface area (Å²) < 4.78 is 12.8. The van der Waals surface area contributed by atoms with E-state index in [4.69, 9.17) is 9.26 Å². The number of hydrogen-bond acceptors (Lipinski definition) is 2. The fourth-order valence-corrected chi connectivity index (χ4v) is 8.78. The maximum atomic E-state index is 6.58. The molecule has 5 rings (SSSR count). The van der Waals surface area contributed by atoms with Crippen molar-refractivity contribution < 1.29 is 9.26 Å². The fourth-order valence-electron chi connectivity index (χ4n) is 4.11. The van der Waals surface area contributed by atoms with E-state index in [1.165, 1.54) is 36.9 Å². The minimum atomic E-state index is -1.85. The van der Waals surface area contributed by atoms with Crippen LogP contribution in [-0.4, -0.2) is 18.9 Å². The quantitative estimate of drug-likeness (QED) is 0.736. The van der Waals surface area contributed by atoms with Gasteiger partial charge in [-0.05, 0) is 0 Å². The summed E-state index contributed by atoms with van der Waals surface area (Å²) in [5.74, 6) is 1.90. The summed E-state index contributed by atoms with van der Waals surface area (Å²) in [4.78, 5) is 0. The molecular weight excluding hydrogens is 303 g/mol. The molecule has 2 nitrogen and oxygen atoms in total. The van der Waals surface area contributed by atoms with Gasteiger partial charge in [0.1, 0.15) is 0 Å². The second kappa shape index (κ2) is 5.92. The topological polar surface area (TPSA) is 18.5 Å². The van der Waals surface area contributed by atoms with Crippen molar-refractivity contribution in [3.05, 3.63) is 54.6 Å². The molecule has 3 heteroatoms. The first-order chi connectivity index (χ1) is 11.3. The van der Waals surface area contributed by atoms with Gasteiger partial charge in [-0.3, -0.25) is 0 Å². The zero-order valence-electron chi connectivity index (χ0n) is 13.8. The molecule has 2 aromatic rings. The van der Waals surface area contributed by atoms with Gasteiger partial charge in [0.05, 0.1) is 0 Å². The van der Waals surface area contributed by atoms with Crippen molar-refractivity contribution in [1.29, 1.82) is 0 Å². The summed E-state index contributed by atoms with van der Waals surface area (Å²) in [7, 11) is -1.85. The van der Waals surface area contributed by atoms with E-state index in [2.05, 4.69) is 31.2 Å². The van der Waals surface area contributed by atoms with Gasteiger partial charge < -0.3 is 0 Å². The zero-order chi connectivity index (χ0) is 15.8. The summed E-state index contributed by atoms with van der Waals surface area (Å²) in [6.07, 6.45) is 6.40. The predicted octanol–water partition coefficient (Wildman–Crippen LogP) is 4.99. The molecule has 0 saturated carbocycles. The molecule has 0 spiro atoms. The fraction of sp³-hybridized carbons (Fsp3) is 0.400. The van der Waals surface area contributed by atoms with Gasteiger partial charge in [0.2, 0.25) is 0 Å². The van der Waals surface area contributed by atoms with Crippen molar-refractivity contribution in [3.63, 3.8) is 0 Å². The van der Waals surface area contributed by atoms with Gasteiger partial charge >= 0.3 is 139 Å². The Balaban J connectivity index is 1.65. The number of hydrogen-bond donors (Lipinski definition) is 0. The van der Waals surface area contributed by atoms with Gasteiger partial charge in [-0.1, -0.05) is 0 Å². The van der Waals surface area contributed by atoms with Crippen molar-refractivity contribution in [2.75, 3.05) is 18.9 Å². The minimum absolute atomic E-state index is 0.462. The molecular formula is C20H25O2P. The van der Waals surface area contributed by atoms with Gasteiger partial charge in [0, 0.05) is 0 Å². The Kier molecular flexibility index (Phi) is 3.91. The Bertz CT molecular complexity index is 659. The van der Waals surface area contributed by atoms with Gasteiger partial charge in [0.25, 0.3) is 0 Å². The monoisotopic (exact) mass is 328 g/mol. The van der Waals surface area contributed by atoms with Crippen molar-refractivity contribution in [3.8, 4) is 11.5 Å². The van der Waals surface area contributed by atoms with Crippen LogP contribution < -0.4 is 10.0 Å². The molecule has 23 heavy (non-hydrogen) atoms. The van der Waals surface area contributed by atoms with Crippen LogP contribution in [0.2, 0.25) is 0 Å². The van der Waals surface area contributed by atoms with Crippen LogP contribution in [0.25, 0.3) is 0 Å². The van der Waals surface area contributed by atoms with Crippen LogP contribution >= 0.6 is 7.49 Å². The van der Waals surface area contributed by atoms with Crippen molar-refractivity contribution in [2.45, 2.75) is 26.2 Å². The molecule has 0 N–H and O–H groups in total. The number of para-hydroxylation sites is 2. The summed E-state index contributed by atoms with van der Waals surface area (Å²) in [5, 5.41) is 1.35.